The summed E-state index contributed by atoms with van der Waals surface area (Å²) in [5, 5.41) is 15.7. The second kappa shape index (κ2) is 10.3. The van der Waals surface area contributed by atoms with Crippen molar-refractivity contribution in [3.05, 3.63) is 63.0 Å². The summed E-state index contributed by atoms with van der Waals surface area (Å²) < 4.78 is 5.97. The monoisotopic (exact) mass is 485 g/mol. The molecular formula is C23H24ClN5O3S. The maximum atomic E-state index is 12.1. The lowest BCUT2D eigenvalue weighted by Crippen LogP contribution is -2.41. The van der Waals surface area contributed by atoms with Gasteiger partial charge in [0.15, 0.2) is 11.5 Å². The van der Waals surface area contributed by atoms with Crippen molar-refractivity contribution in [3.63, 3.8) is 0 Å². The number of thiophene rings is 1. The number of carbonyl (C=O) groups is 2. The van der Waals surface area contributed by atoms with Gasteiger partial charge in [-0.2, -0.15) is 0 Å². The molecule has 1 aliphatic heterocycles. The van der Waals surface area contributed by atoms with Gasteiger partial charge in [0.1, 0.15) is 11.5 Å². The minimum absolute atomic E-state index is 0.0245. The zero-order valence-electron chi connectivity index (χ0n) is 17.8. The van der Waals surface area contributed by atoms with E-state index in [-0.39, 0.29) is 24.2 Å². The summed E-state index contributed by atoms with van der Waals surface area (Å²) >= 11 is 7.13. The molecule has 1 fully saturated rings. The molecule has 4 N–H and O–H groups in total. The molecule has 8 nitrogen and oxygen atoms in total. The van der Waals surface area contributed by atoms with Crippen molar-refractivity contribution in [2.45, 2.75) is 19.4 Å². The molecule has 1 aromatic carbocycles. The minimum Gasteiger partial charge on any atom is -0.369 e. The summed E-state index contributed by atoms with van der Waals surface area (Å²) in [7, 11) is 0. The minimum atomic E-state index is -0.258. The number of carbonyl (C=O) groups excluding carboxylic acids is 2. The topological polar surface area (TPSA) is 125 Å². The first-order chi connectivity index (χ1) is 15.9. The van der Waals surface area contributed by atoms with Gasteiger partial charge in [-0.3, -0.25) is 15.0 Å². The number of Topliss-reactive ketones (excluding diaryl/α,β-unsaturated/α-hetero) is 1. The van der Waals surface area contributed by atoms with Crippen molar-refractivity contribution in [2.75, 3.05) is 19.6 Å². The lowest BCUT2D eigenvalue weighted by molar-refractivity contribution is -0.122. The van der Waals surface area contributed by atoms with Crippen LogP contribution >= 0.6 is 22.9 Å². The molecule has 0 unspecified atom stereocenters. The van der Waals surface area contributed by atoms with Crippen LogP contribution in [0.25, 0.3) is 11.3 Å². The van der Waals surface area contributed by atoms with Gasteiger partial charge in [-0.25, -0.2) is 0 Å². The third-order valence-electron chi connectivity index (χ3n) is 5.66. The summed E-state index contributed by atoms with van der Waals surface area (Å²) in [6.07, 6.45) is 1.36. The van der Waals surface area contributed by atoms with E-state index in [9.17, 15) is 9.59 Å². The Bertz CT molecular complexity index is 1150. The van der Waals surface area contributed by atoms with Crippen LogP contribution in [0, 0.1) is 11.3 Å². The Morgan fingerprint density at radius 2 is 1.94 bits per heavy atom. The number of primary amides is 1. The van der Waals surface area contributed by atoms with Gasteiger partial charge in [0.25, 0.3) is 0 Å². The molecule has 10 heteroatoms. The van der Waals surface area contributed by atoms with Crippen LogP contribution in [-0.4, -0.2) is 47.2 Å². The van der Waals surface area contributed by atoms with E-state index in [1.165, 1.54) is 11.3 Å². The van der Waals surface area contributed by atoms with Crippen molar-refractivity contribution in [1.29, 1.82) is 5.41 Å². The highest BCUT2D eigenvalue weighted by Crippen LogP contribution is 2.23. The second-order valence-electron chi connectivity index (χ2n) is 7.90. The number of amidine groups is 1. The summed E-state index contributed by atoms with van der Waals surface area (Å²) in [4.78, 5) is 26.1. The first-order valence-corrected chi connectivity index (χ1v) is 11.8. The Morgan fingerprint density at radius 3 is 2.58 bits per heavy atom. The fourth-order valence-corrected chi connectivity index (χ4v) is 4.73. The number of nitrogens with zero attached hydrogens (tertiary/aromatic N) is 2. The Hall–Kier alpha value is -3.01. The zero-order chi connectivity index (χ0) is 23.4. The molecule has 0 aliphatic carbocycles. The van der Waals surface area contributed by atoms with Gasteiger partial charge in [-0.05, 0) is 25.0 Å². The fraction of sp³-hybridized carbons (Fsp3) is 0.304. The van der Waals surface area contributed by atoms with Gasteiger partial charge < -0.3 is 20.5 Å². The van der Waals surface area contributed by atoms with Crippen LogP contribution in [0.5, 0.6) is 0 Å². The molecule has 0 atom stereocenters. The number of halogens is 1. The molecule has 0 spiro atoms. The molecule has 1 amide bonds. The maximum absolute atomic E-state index is 12.1. The Morgan fingerprint density at radius 1 is 1.21 bits per heavy atom. The molecule has 33 heavy (non-hydrogen) atoms. The molecule has 0 saturated carbocycles. The highest BCUT2D eigenvalue weighted by atomic mass is 35.5. The van der Waals surface area contributed by atoms with Crippen molar-refractivity contribution < 1.29 is 14.1 Å². The van der Waals surface area contributed by atoms with E-state index in [1.54, 1.807) is 12.1 Å². The van der Waals surface area contributed by atoms with Gasteiger partial charge in [0.2, 0.25) is 5.91 Å². The summed E-state index contributed by atoms with van der Waals surface area (Å²) in [5.41, 5.74) is 7.75. The van der Waals surface area contributed by atoms with Crippen molar-refractivity contribution >= 4 is 40.5 Å². The van der Waals surface area contributed by atoms with E-state index in [4.69, 9.17) is 27.3 Å². The van der Waals surface area contributed by atoms with Gasteiger partial charge in [0.05, 0.1) is 22.3 Å². The summed E-state index contributed by atoms with van der Waals surface area (Å²) in [5.74, 6) is 0.678. The molecule has 0 radical (unpaired) electrons. The number of aromatic nitrogens is 1. The van der Waals surface area contributed by atoms with Crippen LogP contribution in [0.2, 0.25) is 4.34 Å². The number of amides is 1. The Balaban J connectivity index is 1.30. The van der Waals surface area contributed by atoms with Crippen LogP contribution in [0.1, 0.15) is 33.8 Å². The third-order valence-corrected chi connectivity index (χ3v) is 6.93. The fourth-order valence-electron chi connectivity index (χ4n) is 3.75. The molecule has 4 rings (SSSR count). The largest absolute Gasteiger partial charge is 0.369 e. The number of nitrogens with one attached hydrogen (secondary N) is 2. The number of likely N-dealkylation sites (tertiary alicyclic amines) is 1. The number of piperidine rings is 1. The average molecular weight is 486 g/mol. The number of benzene rings is 1. The van der Waals surface area contributed by atoms with Crippen molar-refractivity contribution in [2.24, 2.45) is 11.7 Å². The number of nitrogens with two attached hydrogens (primary N) is 1. The van der Waals surface area contributed by atoms with E-state index in [2.05, 4.69) is 10.5 Å². The number of rotatable bonds is 8. The Labute approximate surface area is 200 Å². The first kappa shape index (κ1) is 23.2. The van der Waals surface area contributed by atoms with Gasteiger partial charge >= 0.3 is 0 Å². The van der Waals surface area contributed by atoms with E-state index in [0.29, 0.717) is 59.0 Å². The van der Waals surface area contributed by atoms with Gasteiger partial charge in [-0.1, -0.05) is 41.0 Å². The predicted molar refractivity (Wildman–Crippen MR) is 128 cm³/mol. The molecule has 1 aliphatic rings. The summed E-state index contributed by atoms with van der Waals surface area (Å²) in [6, 6.07) is 12.8. The highest BCUT2D eigenvalue weighted by molar-refractivity contribution is 7.18. The quantitative estimate of drug-likeness (QED) is 0.254. The standard InChI is InChI=1S/C23H24ClN5O3S/c24-21-6-5-20(33-21)19(30)13-27-12-17-11-18(28-32-17)14-1-3-15(4-2-14)22(25)29-9-7-16(8-10-29)23(26)31/h1-6,11,16,25,27H,7-10,12-13H2,(H2,26,31). The lowest BCUT2D eigenvalue weighted by Gasteiger charge is -2.32. The van der Waals surface area contributed by atoms with Gasteiger partial charge in [-0.15, -0.1) is 11.3 Å². The molecule has 3 aromatic rings. The predicted octanol–water partition coefficient (Wildman–Crippen LogP) is 3.55. The van der Waals surface area contributed by atoms with Crippen LogP contribution in [-0.2, 0) is 11.3 Å². The number of hydrogen-bond acceptors (Lipinski definition) is 7. The second-order valence-corrected chi connectivity index (χ2v) is 9.61. The van der Waals surface area contributed by atoms with Crippen LogP contribution in [0.3, 0.4) is 0 Å². The maximum Gasteiger partial charge on any atom is 0.220 e. The van der Waals surface area contributed by atoms with Crippen LogP contribution in [0.4, 0.5) is 0 Å². The normalized spacial score (nSPS) is 14.4. The average Bonchev–Trinajstić information content (AvgIpc) is 3.48. The molecule has 172 valence electrons. The SMILES string of the molecule is N=C(c1ccc(-c2cc(CNCC(=O)c3ccc(Cl)s3)on2)cc1)N1CCC(C(N)=O)CC1. The molecule has 1 saturated heterocycles. The van der Waals surface area contributed by atoms with Crippen molar-refractivity contribution in [3.8, 4) is 11.3 Å². The Kier molecular flexibility index (Phi) is 7.22. The van der Waals surface area contributed by atoms with Crippen LogP contribution < -0.4 is 11.1 Å². The molecule has 2 aromatic heterocycles. The number of hydrogen-bond donors (Lipinski definition) is 3. The zero-order valence-corrected chi connectivity index (χ0v) is 19.4. The van der Waals surface area contributed by atoms with E-state index in [0.717, 1.165) is 11.1 Å². The highest BCUT2D eigenvalue weighted by Gasteiger charge is 2.25. The first-order valence-electron chi connectivity index (χ1n) is 10.6. The van der Waals surface area contributed by atoms with E-state index >= 15 is 0 Å². The third kappa shape index (κ3) is 5.68. The molecule has 3 heterocycles. The van der Waals surface area contributed by atoms with Crippen molar-refractivity contribution in [1.82, 2.24) is 15.4 Å². The van der Waals surface area contributed by atoms with E-state index < -0.39 is 0 Å². The number of ketones is 1. The smallest absolute Gasteiger partial charge is 0.220 e. The van der Waals surface area contributed by atoms with E-state index in [1.807, 2.05) is 35.2 Å². The van der Waals surface area contributed by atoms with Crippen LogP contribution in [0.15, 0.2) is 47.0 Å². The molecular weight excluding hydrogens is 462 g/mol. The lowest BCUT2D eigenvalue weighted by atomic mass is 9.95. The summed E-state index contributed by atoms with van der Waals surface area (Å²) in [6.45, 7) is 1.86. The molecule has 0 bridgehead atoms. The van der Waals surface area contributed by atoms with Gasteiger partial charge in [0, 0.05) is 36.2 Å².